The molecule has 30 heavy (non-hydrogen) atoms. The molecule has 0 aliphatic heterocycles. The molecule has 152 valence electrons. The summed E-state index contributed by atoms with van der Waals surface area (Å²) in [6.45, 7) is 2.55. The number of rotatable bonds is 6. The van der Waals surface area contributed by atoms with Gasteiger partial charge in [-0.1, -0.05) is 42.3 Å². The molecule has 4 aromatic rings. The minimum absolute atomic E-state index is 0.187. The molecule has 2 heterocycles. The Labute approximate surface area is 187 Å². The Hall–Kier alpha value is -2.64. The Morgan fingerprint density at radius 3 is 2.47 bits per heavy atom. The van der Waals surface area contributed by atoms with Gasteiger partial charge in [0.2, 0.25) is 0 Å². The van der Waals surface area contributed by atoms with Crippen molar-refractivity contribution < 1.29 is 9.53 Å². The van der Waals surface area contributed by atoms with Gasteiger partial charge in [0.15, 0.2) is 5.75 Å². The molecule has 4 rings (SSSR count). The molecule has 0 atom stereocenters. The topological polar surface area (TPSA) is 63.2 Å². The summed E-state index contributed by atoms with van der Waals surface area (Å²) in [7, 11) is 0. The lowest BCUT2D eigenvalue weighted by molar-refractivity contribution is 0.0938. The highest BCUT2D eigenvalue weighted by Crippen LogP contribution is 2.35. The number of fused-ring (bicyclic) bond motifs is 1. The Kier molecular flexibility index (Phi) is 6.20. The number of hydrogen-bond acceptors (Lipinski definition) is 5. The van der Waals surface area contributed by atoms with Crippen LogP contribution in [0.2, 0.25) is 10.0 Å². The zero-order valence-corrected chi connectivity index (χ0v) is 18.2. The van der Waals surface area contributed by atoms with Crippen molar-refractivity contribution >= 4 is 50.5 Å². The second kappa shape index (κ2) is 9.02. The van der Waals surface area contributed by atoms with Gasteiger partial charge in [-0.2, -0.15) is 0 Å². The van der Waals surface area contributed by atoms with E-state index in [9.17, 15) is 4.79 Å². The van der Waals surface area contributed by atoms with Crippen molar-refractivity contribution in [3.63, 3.8) is 0 Å². The lowest BCUT2D eigenvalue weighted by atomic mass is 10.1. The molecule has 0 bridgehead atoms. The van der Waals surface area contributed by atoms with Crippen LogP contribution >= 0.6 is 34.5 Å². The summed E-state index contributed by atoms with van der Waals surface area (Å²) in [4.78, 5) is 17.0. The van der Waals surface area contributed by atoms with Gasteiger partial charge < -0.3 is 4.74 Å². The Balaban J connectivity index is 1.58. The maximum Gasteiger partial charge on any atom is 0.275 e. The molecular formula is C22H17Cl2N3O2S. The molecule has 0 saturated carbocycles. The summed E-state index contributed by atoms with van der Waals surface area (Å²) in [6, 6.07) is 14.8. The first-order valence-corrected chi connectivity index (χ1v) is 10.8. The van der Waals surface area contributed by atoms with Crippen molar-refractivity contribution in [2.24, 2.45) is 0 Å². The lowest BCUT2D eigenvalue weighted by Gasteiger charge is -2.08. The zero-order chi connectivity index (χ0) is 21.1. The normalized spacial score (nSPS) is 10.9. The molecule has 0 fully saturated rings. The highest BCUT2D eigenvalue weighted by Gasteiger charge is 2.14. The SMILES string of the molecule is CCNNC(=O)c1cc2c(Oc3ccc(-c4cc(Cl)cc(Cl)c4)cc3)cncc2s1. The molecule has 0 radical (unpaired) electrons. The van der Waals surface area contributed by atoms with Gasteiger partial charge in [0.05, 0.1) is 15.8 Å². The van der Waals surface area contributed by atoms with Crippen molar-refractivity contribution in [1.29, 1.82) is 0 Å². The summed E-state index contributed by atoms with van der Waals surface area (Å²) in [5.74, 6) is 1.06. The predicted octanol–water partition coefficient (Wildman–Crippen LogP) is 6.32. The molecule has 1 amide bonds. The summed E-state index contributed by atoms with van der Waals surface area (Å²) in [6.07, 6.45) is 3.37. The highest BCUT2D eigenvalue weighted by molar-refractivity contribution is 7.20. The van der Waals surface area contributed by atoms with Gasteiger partial charge in [0.1, 0.15) is 5.75 Å². The zero-order valence-electron chi connectivity index (χ0n) is 15.9. The monoisotopic (exact) mass is 457 g/mol. The third-order valence-electron chi connectivity index (χ3n) is 4.29. The number of ether oxygens (including phenoxy) is 1. The molecule has 2 aromatic carbocycles. The number of carbonyl (C=O) groups excluding carboxylic acids is 1. The second-order valence-electron chi connectivity index (χ2n) is 6.43. The average molecular weight is 458 g/mol. The van der Waals surface area contributed by atoms with Gasteiger partial charge in [-0.15, -0.1) is 11.3 Å². The van der Waals surface area contributed by atoms with Crippen molar-refractivity contribution in [2.75, 3.05) is 6.54 Å². The van der Waals surface area contributed by atoms with Crippen LogP contribution < -0.4 is 15.6 Å². The highest BCUT2D eigenvalue weighted by atomic mass is 35.5. The van der Waals surface area contributed by atoms with E-state index in [1.54, 1.807) is 18.5 Å². The van der Waals surface area contributed by atoms with E-state index in [1.807, 2.05) is 49.4 Å². The number of hydrogen-bond donors (Lipinski definition) is 2. The number of carbonyl (C=O) groups is 1. The van der Waals surface area contributed by atoms with E-state index in [0.29, 0.717) is 33.0 Å². The maximum absolute atomic E-state index is 12.2. The second-order valence-corrected chi connectivity index (χ2v) is 8.39. The predicted molar refractivity (Wildman–Crippen MR) is 123 cm³/mol. The minimum Gasteiger partial charge on any atom is -0.455 e. The quantitative estimate of drug-likeness (QED) is 0.332. The van der Waals surface area contributed by atoms with Crippen molar-refractivity contribution in [2.45, 2.75) is 6.92 Å². The van der Waals surface area contributed by atoms with Crippen molar-refractivity contribution in [3.05, 3.63) is 75.8 Å². The van der Waals surface area contributed by atoms with Crippen LogP contribution in [0.1, 0.15) is 16.6 Å². The summed E-state index contributed by atoms with van der Waals surface area (Å²) < 4.78 is 6.92. The number of aromatic nitrogens is 1. The average Bonchev–Trinajstić information content (AvgIpc) is 3.17. The summed E-state index contributed by atoms with van der Waals surface area (Å²) in [5, 5.41) is 2.01. The Morgan fingerprint density at radius 2 is 1.77 bits per heavy atom. The van der Waals surface area contributed by atoms with E-state index in [2.05, 4.69) is 15.8 Å². The van der Waals surface area contributed by atoms with Crippen LogP contribution in [0.3, 0.4) is 0 Å². The molecule has 0 aliphatic carbocycles. The molecule has 2 aromatic heterocycles. The van der Waals surface area contributed by atoms with Crippen LogP contribution in [0.25, 0.3) is 21.2 Å². The number of halogens is 2. The van der Waals surface area contributed by atoms with Crippen molar-refractivity contribution in [1.82, 2.24) is 15.8 Å². The standard InChI is InChI=1S/C22H17Cl2N3O2S/c1-2-26-27-22(28)20-10-18-19(11-25-12-21(18)30-20)29-17-5-3-13(4-6-17)14-7-15(23)9-16(24)8-14/h3-12,26H,2H2,1H3,(H,27,28). The first-order chi connectivity index (χ1) is 14.5. The molecule has 0 unspecified atom stereocenters. The number of nitrogens with one attached hydrogen (secondary N) is 2. The fourth-order valence-electron chi connectivity index (χ4n) is 2.92. The lowest BCUT2D eigenvalue weighted by Crippen LogP contribution is -2.36. The fraction of sp³-hybridized carbons (Fsp3) is 0.0909. The van der Waals surface area contributed by atoms with E-state index >= 15 is 0 Å². The number of benzene rings is 2. The van der Waals surface area contributed by atoms with Crippen LogP contribution in [0.4, 0.5) is 0 Å². The third-order valence-corrected chi connectivity index (χ3v) is 5.80. The first-order valence-electron chi connectivity index (χ1n) is 9.18. The van der Waals surface area contributed by atoms with Gasteiger partial charge in [-0.3, -0.25) is 15.2 Å². The van der Waals surface area contributed by atoms with E-state index < -0.39 is 0 Å². The first kappa shape index (κ1) is 20.6. The minimum atomic E-state index is -0.187. The summed E-state index contributed by atoms with van der Waals surface area (Å²) >= 11 is 13.6. The van der Waals surface area contributed by atoms with E-state index in [0.717, 1.165) is 21.2 Å². The number of thiophene rings is 1. The Bertz CT molecular complexity index is 1190. The molecule has 5 nitrogen and oxygen atoms in total. The smallest absolute Gasteiger partial charge is 0.275 e. The fourth-order valence-corrected chi connectivity index (χ4v) is 4.39. The van der Waals surface area contributed by atoms with Crippen molar-refractivity contribution in [3.8, 4) is 22.6 Å². The largest absolute Gasteiger partial charge is 0.455 e. The van der Waals surface area contributed by atoms with E-state index in [4.69, 9.17) is 27.9 Å². The Morgan fingerprint density at radius 1 is 1.03 bits per heavy atom. The van der Waals surface area contributed by atoms with Gasteiger partial charge in [0.25, 0.3) is 5.91 Å². The molecular weight excluding hydrogens is 441 g/mol. The van der Waals surface area contributed by atoms with Gasteiger partial charge in [0, 0.05) is 28.2 Å². The molecule has 8 heteroatoms. The molecule has 0 spiro atoms. The van der Waals surface area contributed by atoms with E-state index in [-0.39, 0.29) is 5.91 Å². The number of nitrogens with zero attached hydrogens (tertiary/aromatic N) is 1. The van der Waals surface area contributed by atoms with Crippen LogP contribution in [-0.4, -0.2) is 17.4 Å². The van der Waals surface area contributed by atoms with Gasteiger partial charge in [-0.05, 0) is 47.5 Å². The van der Waals surface area contributed by atoms with Gasteiger partial charge in [-0.25, -0.2) is 5.43 Å². The van der Waals surface area contributed by atoms with Crippen LogP contribution in [0.5, 0.6) is 11.5 Å². The number of hydrazine groups is 1. The van der Waals surface area contributed by atoms with E-state index in [1.165, 1.54) is 11.3 Å². The van der Waals surface area contributed by atoms with Crippen LogP contribution in [-0.2, 0) is 0 Å². The van der Waals surface area contributed by atoms with Gasteiger partial charge >= 0.3 is 0 Å². The number of amides is 1. The molecule has 2 N–H and O–H groups in total. The maximum atomic E-state index is 12.2. The van der Waals surface area contributed by atoms with Crippen LogP contribution in [0.15, 0.2) is 60.9 Å². The summed E-state index contributed by atoms with van der Waals surface area (Å²) in [5.41, 5.74) is 7.37. The third kappa shape index (κ3) is 4.57. The van der Waals surface area contributed by atoms with Crippen LogP contribution in [0, 0.1) is 0 Å². The molecule has 0 aliphatic rings. The molecule has 0 saturated heterocycles. The number of pyridine rings is 1.